The number of para-hydroxylation sites is 2. The summed E-state index contributed by atoms with van der Waals surface area (Å²) in [6.45, 7) is 0.334. The molecule has 0 saturated carbocycles. The van der Waals surface area contributed by atoms with Gasteiger partial charge in [0.2, 0.25) is 0 Å². The molecule has 0 N–H and O–H groups in total. The number of rotatable bonds is 8. The molecule has 0 spiro atoms. The maximum atomic E-state index is 4.50. The minimum Gasteiger partial charge on any atom is -0.225 e. The molecular formula is C25H22N6. The van der Waals surface area contributed by atoms with Crippen LogP contribution in [0, 0.1) is 0 Å². The molecule has 4 aromatic carbocycles. The minimum atomic E-state index is 0.334. The van der Waals surface area contributed by atoms with E-state index in [-0.39, 0.29) is 0 Å². The van der Waals surface area contributed by atoms with E-state index in [2.05, 4.69) is 20.7 Å². The van der Waals surface area contributed by atoms with E-state index in [1.807, 2.05) is 121 Å². The van der Waals surface area contributed by atoms with E-state index in [1.54, 1.807) is 10.0 Å². The van der Waals surface area contributed by atoms with E-state index in [4.69, 9.17) is 0 Å². The summed E-state index contributed by atoms with van der Waals surface area (Å²) in [7, 11) is 0. The molecule has 0 saturated heterocycles. The lowest BCUT2D eigenvalue weighted by Crippen LogP contribution is -2.31. The Labute approximate surface area is 181 Å². The average Bonchev–Trinajstić information content (AvgIpc) is 2.86. The Hall–Kier alpha value is -4.32. The smallest absolute Gasteiger partial charge is 0.137 e. The predicted octanol–water partition coefficient (Wildman–Crippen LogP) is 7.35. The molecule has 4 aromatic rings. The quantitative estimate of drug-likeness (QED) is 0.174. The van der Waals surface area contributed by atoms with Crippen LogP contribution in [0.25, 0.3) is 0 Å². The van der Waals surface area contributed by atoms with Crippen LogP contribution in [0.2, 0.25) is 0 Å². The second kappa shape index (κ2) is 10.5. The van der Waals surface area contributed by atoms with E-state index in [0.29, 0.717) is 6.67 Å². The minimum absolute atomic E-state index is 0.334. The topological polar surface area (TPSA) is 55.9 Å². The summed E-state index contributed by atoms with van der Waals surface area (Å²) in [5.41, 5.74) is 3.36. The lowest BCUT2D eigenvalue weighted by Gasteiger charge is -2.24. The van der Waals surface area contributed by atoms with Crippen molar-refractivity contribution in [2.24, 2.45) is 20.7 Å². The highest BCUT2D eigenvalue weighted by atomic mass is 15.7. The number of anilines is 2. The Morgan fingerprint density at radius 3 is 1.10 bits per heavy atom. The third-order valence-electron chi connectivity index (χ3n) is 4.43. The Morgan fingerprint density at radius 2 is 0.742 bits per heavy atom. The van der Waals surface area contributed by atoms with Crippen molar-refractivity contribution in [3.05, 3.63) is 121 Å². The van der Waals surface area contributed by atoms with Gasteiger partial charge in [-0.3, -0.25) is 0 Å². The van der Waals surface area contributed by atoms with Gasteiger partial charge < -0.3 is 0 Å². The molecule has 0 aromatic heterocycles. The van der Waals surface area contributed by atoms with Crippen molar-refractivity contribution in [3.63, 3.8) is 0 Å². The van der Waals surface area contributed by atoms with Crippen LogP contribution in [0.3, 0.4) is 0 Å². The van der Waals surface area contributed by atoms with Crippen LogP contribution in [-0.4, -0.2) is 6.67 Å². The van der Waals surface area contributed by atoms with E-state index in [0.717, 1.165) is 22.7 Å². The summed E-state index contributed by atoms with van der Waals surface area (Å²) in [4.78, 5) is 0. The lowest BCUT2D eigenvalue weighted by molar-refractivity contribution is 0.724. The third-order valence-corrected chi connectivity index (χ3v) is 4.43. The molecule has 31 heavy (non-hydrogen) atoms. The highest BCUT2D eigenvalue weighted by molar-refractivity contribution is 5.50. The monoisotopic (exact) mass is 406 g/mol. The maximum absolute atomic E-state index is 4.50. The fraction of sp³-hybridized carbons (Fsp3) is 0.0400. The number of nitrogens with zero attached hydrogens (tertiary/aromatic N) is 6. The second-order valence-electron chi connectivity index (χ2n) is 6.66. The van der Waals surface area contributed by atoms with Gasteiger partial charge in [-0.25, -0.2) is 10.0 Å². The molecular weight excluding hydrogens is 384 g/mol. The zero-order chi connectivity index (χ0) is 21.1. The molecule has 0 fully saturated rings. The van der Waals surface area contributed by atoms with Crippen molar-refractivity contribution in [2.75, 3.05) is 16.7 Å². The van der Waals surface area contributed by atoms with Gasteiger partial charge in [-0.2, -0.15) is 0 Å². The fourth-order valence-electron chi connectivity index (χ4n) is 2.85. The molecule has 0 aliphatic rings. The molecule has 0 heterocycles. The summed E-state index contributed by atoms with van der Waals surface area (Å²) >= 11 is 0. The van der Waals surface area contributed by atoms with Crippen molar-refractivity contribution in [1.29, 1.82) is 0 Å². The van der Waals surface area contributed by atoms with Gasteiger partial charge in [0.05, 0.1) is 22.7 Å². The first kappa shape index (κ1) is 20.0. The Kier molecular flexibility index (Phi) is 6.74. The summed E-state index contributed by atoms with van der Waals surface area (Å²) in [5, 5.41) is 21.4. The van der Waals surface area contributed by atoms with Gasteiger partial charge in [0.25, 0.3) is 0 Å². The van der Waals surface area contributed by atoms with Crippen LogP contribution < -0.4 is 10.0 Å². The van der Waals surface area contributed by atoms with Gasteiger partial charge in [0.1, 0.15) is 6.67 Å². The highest BCUT2D eigenvalue weighted by Crippen LogP contribution is 2.22. The Bertz CT molecular complexity index is 1010. The van der Waals surface area contributed by atoms with Gasteiger partial charge in [0, 0.05) is 0 Å². The van der Waals surface area contributed by atoms with Crippen molar-refractivity contribution in [1.82, 2.24) is 0 Å². The van der Waals surface area contributed by atoms with Crippen LogP contribution in [0.15, 0.2) is 142 Å². The molecule has 0 amide bonds. The van der Waals surface area contributed by atoms with Crippen LogP contribution in [-0.2, 0) is 0 Å². The highest BCUT2D eigenvalue weighted by Gasteiger charge is 2.13. The van der Waals surface area contributed by atoms with Gasteiger partial charge in [-0.15, -0.1) is 10.2 Å². The SMILES string of the molecule is c1ccc(N=NN(CN(N=Nc2ccccc2)c2ccccc2)c2ccccc2)cc1. The molecule has 0 aliphatic heterocycles. The van der Waals surface area contributed by atoms with E-state index < -0.39 is 0 Å². The number of hydrogen-bond acceptors (Lipinski definition) is 4. The van der Waals surface area contributed by atoms with Gasteiger partial charge in [-0.1, -0.05) is 83.2 Å². The third kappa shape index (κ3) is 5.83. The summed E-state index contributed by atoms with van der Waals surface area (Å²) in [6.07, 6.45) is 0. The molecule has 0 bridgehead atoms. The second-order valence-corrected chi connectivity index (χ2v) is 6.66. The molecule has 6 heteroatoms. The van der Waals surface area contributed by atoms with Crippen molar-refractivity contribution >= 4 is 22.7 Å². The zero-order valence-electron chi connectivity index (χ0n) is 16.9. The largest absolute Gasteiger partial charge is 0.225 e. The van der Waals surface area contributed by atoms with Crippen LogP contribution in [0.4, 0.5) is 22.7 Å². The molecule has 4 rings (SSSR count). The standard InChI is InChI=1S/C25H22N6/c1-5-13-22(14-6-1)26-28-30(24-17-9-3-10-18-24)21-31(25-19-11-4-12-20-25)29-27-23-15-7-2-8-16-23/h1-20H,21H2. The molecule has 0 unspecified atom stereocenters. The van der Waals surface area contributed by atoms with E-state index >= 15 is 0 Å². The van der Waals surface area contributed by atoms with Crippen LogP contribution >= 0.6 is 0 Å². The van der Waals surface area contributed by atoms with E-state index in [9.17, 15) is 0 Å². The summed E-state index contributed by atoms with van der Waals surface area (Å²) in [6, 6.07) is 39.1. The van der Waals surface area contributed by atoms with E-state index in [1.165, 1.54) is 0 Å². The number of benzene rings is 4. The molecule has 152 valence electrons. The Balaban J connectivity index is 1.64. The first-order valence-corrected chi connectivity index (χ1v) is 9.97. The predicted molar refractivity (Wildman–Crippen MR) is 125 cm³/mol. The van der Waals surface area contributed by atoms with Crippen molar-refractivity contribution in [3.8, 4) is 0 Å². The average molecular weight is 406 g/mol. The van der Waals surface area contributed by atoms with Crippen molar-refractivity contribution < 1.29 is 0 Å². The van der Waals surface area contributed by atoms with Crippen LogP contribution in [0.1, 0.15) is 0 Å². The Morgan fingerprint density at radius 1 is 0.419 bits per heavy atom. The molecule has 0 radical (unpaired) electrons. The lowest BCUT2D eigenvalue weighted by atomic mass is 10.3. The number of hydrogen-bond donors (Lipinski definition) is 0. The first-order valence-electron chi connectivity index (χ1n) is 9.97. The maximum Gasteiger partial charge on any atom is 0.137 e. The molecule has 0 aliphatic carbocycles. The summed E-state index contributed by atoms with van der Waals surface area (Å²) in [5.74, 6) is 0. The summed E-state index contributed by atoms with van der Waals surface area (Å²) < 4.78 is 0. The van der Waals surface area contributed by atoms with Crippen molar-refractivity contribution in [2.45, 2.75) is 0 Å². The normalized spacial score (nSPS) is 11.1. The zero-order valence-corrected chi connectivity index (χ0v) is 16.9. The first-order chi connectivity index (χ1) is 15.4. The van der Waals surface area contributed by atoms with Gasteiger partial charge >= 0.3 is 0 Å². The molecule has 0 atom stereocenters. The van der Waals surface area contributed by atoms with Crippen LogP contribution in [0.5, 0.6) is 0 Å². The fourth-order valence-corrected chi connectivity index (χ4v) is 2.85. The molecule has 6 nitrogen and oxygen atoms in total. The van der Waals surface area contributed by atoms with Gasteiger partial charge in [-0.05, 0) is 48.5 Å². The van der Waals surface area contributed by atoms with Gasteiger partial charge in [0.15, 0.2) is 0 Å².